The molecule has 0 spiro atoms. The van der Waals surface area contributed by atoms with E-state index in [-0.39, 0.29) is 5.56 Å². The van der Waals surface area contributed by atoms with Crippen LogP contribution < -0.4 is 4.74 Å². The molecule has 2 aromatic heterocycles. The van der Waals surface area contributed by atoms with Crippen LogP contribution in [-0.4, -0.2) is 28.2 Å². The van der Waals surface area contributed by atoms with Crippen LogP contribution in [0.15, 0.2) is 30.7 Å². The molecule has 18 heavy (non-hydrogen) atoms. The minimum absolute atomic E-state index is 0.144. The second-order valence-electron chi connectivity index (χ2n) is 3.75. The number of hydrogen-bond acceptors (Lipinski definition) is 4. The summed E-state index contributed by atoms with van der Waals surface area (Å²) in [6.45, 7) is 1.81. The van der Waals surface area contributed by atoms with Gasteiger partial charge in [-0.05, 0) is 19.1 Å². The molecule has 0 fully saturated rings. The van der Waals surface area contributed by atoms with E-state index < -0.39 is 5.97 Å². The van der Waals surface area contributed by atoms with Crippen molar-refractivity contribution in [3.05, 3.63) is 42.0 Å². The molecular formula is C13H12N2O3. The van der Waals surface area contributed by atoms with Crippen LogP contribution >= 0.6 is 0 Å². The molecule has 0 saturated heterocycles. The maximum absolute atomic E-state index is 11.2. The highest BCUT2D eigenvalue weighted by Crippen LogP contribution is 2.31. The lowest BCUT2D eigenvalue weighted by Gasteiger charge is -2.10. The number of aromatic carboxylic acids is 1. The van der Waals surface area contributed by atoms with Crippen LogP contribution in [0.2, 0.25) is 0 Å². The van der Waals surface area contributed by atoms with E-state index >= 15 is 0 Å². The van der Waals surface area contributed by atoms with E-state index in [9.17, 15) is 9.90 Å². The monoisotopic (exact) mass is 244 g/mol. The van der Waals surface area contributed by atoms with Crippen molar-refractivity contribution < 1.29 is 14.6 Å². The van der Waals surface area contributed by atoms with E-state index in [2.05, 4.69) is 9.97 Å². The third-order valence-electron chi connectivity index (χ3n) is 2.57. The molecule has 2 aromatic rings. The molecule has 92 valence electrons. The highest BCUT2D eigenvalue weighted by atomic mass is 16.5. The van der Waals surface area contributed by atoms with E-state index in [1.54, 1.807) is 24.5 Å². The number of nitrogens with zero attached hydrogens (tertiary/aromatic N) is 2. The number of ether oxygens (including phenoxy) is 1. The van der Waals surface area contributed by atoms with Gasteiger partial charge in [0.25, 0.3) is 0 Å². The fourth-order valence-electron chi connectivity index (χ4n) is 1.72. The Labute approximate surface area is 104 Å². The Balaban J connectivity index is 2.69. The molecule has 0 atom stereocenters. The normalized spacial score (nSPS) is 10.1. The lowest BCUT2D eigenvalue weighted by atomic mass is 10.0. The summed E-state index contributed by atoms with van der Waals surface area (Å²) in [5.41, 5.74) is 2.16. The van der Waals surface area contributed by atoms with Gasteiger partial charge in [0.05, 0.1) is 18.9 Å². The van der Waals surface area contributed by atoms with Gasteiger partial charge in [0, 0.05) is 29.2 Å². The van der Waals surface area contributed by atoms with Gasteiger partial charge in [-0.2, -0.15) is 0 Å². The molecule has 1 N–H and O–H groups in total. The van der Waals surface area contributed by atoms with E-state index in [0.29, 0.717) is 16.9 Å². The first-order valence-electron chi connectivity index (χ1n) is 5.32. The third kappa shape index (κ3) is 2.15. The summed E-state index contributed by atoms with van der Waals surface area (Å²) < 4.78 is 5.20. The van der Waals surface area contributed by atoms with Crippen LogP contribution in [0.25, 0.3) is 11.1 Å². The number of methoxy groups -OCH3 is 1. The maximum Gasteiger partial charge on any atom is 0.337 e. The van der Waals surface area contributed by atoms with Gasteiger partial charge in [0.1, 0.15) is 5.75 Å². The zero-order valence-corrected chi connectivity index (χ0v) is 10.0. The number of carboxylic acids is 1. The molecule has 0 saturated carbocycles. The summed E-state index contributed by atoms with van der Waals surface area (Å²) in [6.07, 6.45) is 4.50. The lowest BCUT2D eigenvalue weighted by molar-refractivity contribution is 0.0697. The first kappa shape index (κ1) is 12.0. The molecule has 0 aliphatic rings. The first-order valence-corrected chi connectivity index (χ1v) is 5.32. The summed E-state index contributed by atoms with van der Waals surface area (Å²) in [6, 6.07) is 3.45. The zero-order chi connectivity index (χ0) is 13.1. The summed E-state index contributed by atoms with van der Waals surface area (Å²) >= 11 is 0. The number of carbonyl (C=O) groups is 1. The fourth-order valence-corrected chi connectivity index (χ4v) is 1.72. The van der Waals surface area contributed by atoms with Crippen molar-refractivity contribution in [2.24, 2.45) is 0 Å². The number of aryl methyl sites for hydroxylation is 1. The van der Waals surface area contributed by atoms with Crippen molar-refractivity contribution in [1.29, 1.82) is 0 Å². The molecule has 0 aliphatic carbocycles. The Morgan fingerprint density at radius 3 is 2.78 bits per heavy atom. The van der Waals surface area contributed by atoms with Gasteiger partial charge >= 0.3 is 5.97 Å². The number of carboxylic acid groups (broad SMARTS) is 1. The molecule has 0 amide bonds. The Morgan fingerprint density at radius 2 is 2.11 bits per heavy atom. The van der Waals surface area contributed by atoms with Crippen LogP contribution in [0.1, 0.15) is 16.1 Å². The van der Waals surface area contributed by atoms with Gasteiger partial charge in [-0.15, -0.1) is 0 Å². The SMILES string of the molecule is COc1cnccc1-c1cc(C)ncc1C(=O)O. The van der Waals surface area contributed by atoms with Gasteiger partial charge in [0.15, 0.2) is 0 Å². The Bertz CT molecular complexity index is 597. The van der Waals surface area contributed by atoms with Crippen molar-refractivity contribution >= 4 is 5.97 Å². The number of rotatable bonds is 3. The third-order valence-corrected chi connectivity index (χ3v) is 2.57. The van der Waals surface area contributed by atoms with Gasteiger partial charge < -0.3 is 9.84 Å². The summed E-state index contributed by atoms with van der Waals surface area (Å²) in [4.78, 5) is 19.2. The molecule has 0 unspecified atom stereocenters. The summed E-state index contributed by atoms with van der Waals surface area (Å²) in [7, 11) is 1.52. The highest BCUT2D eigenvalue weighted by Gasteiger charge is 2.15. The lowest BCUT2D eigenvalue weighted by Crippen LogP contribution is -2.02. The van der Waals surface area contributed by atoms with Crippen molar-refractivity contribution in [1.82, 2.24) is 9.97 Å². The average molecular weight is 244 g/mol. The molecule has 2 rings (SSSR count). The van der Waals surface area contributed by atoms with Gasteiger partial charge in [0.2, 0.25) is 0 Å². The van der Waals surface area contributed by atoms with Crippen LogP contribution in [-0.2, 0) is 0 Å². The zero-order valence-electron chi connectivity index (χ0n) is 10.0. The second-order valence-corrected chi connectivity index (χ2v) is 3.75. The molecule has 0 radical (unpaired) electrons. The largest absolute Gasteiger partial charge is 0.494 e. The Kier molecular flexibility index (Phi) is 3.23. The molecule has 0 bridgehead atoms. The molecule has 5 nitrogen and oxygen atoms in total. The molecular weight excluding hydrogens is 232 g/mol. The van der Waals surface area contributed by atoms with Crippen LogP contribution in [0.5, 0.6) is 5.75 Å². The van der Waals surface area contributed by atoms with Crippen molar-refractivity contribution in [3.8, 4) is 16.9 Å². The van der Waals surface area contributed by atoms with Gasteiger partial charge in [-0.1, -0.05) is 0 Å². The van der Waals surface area contributed by atoms with Crippen LogP contribution in [0, 0.1) is 6.92 Å². The fraction of sp³-hybridized carbons (Fsp3) is 0.154. The quantitative estimate of drug-likeness (QED) is 0.895. The molecule has 2 heterocycles. The molecule has 5 heteroatoms. The average Bonchev–Trinajstić information content (AvgIpc) is 2.38. The molecule has 0 aliphatic heterocycles. The predicted octanol–water partition coefficient (Wildman–Crippen LogP) is 2.16. The Morgan fingerprint density at radius 1 is 1.33 bits per heavy atom. The van der Waals surface area contributed by atoms with E-state index in [1.165, 1.54) is 13.3 Å². The molecule has 0 aromatic carbocycles. The summed E-state index contributed by atoms with van der Waals surface area (Å²) in [5, 5.41) is 9.19. The second kappa shape index (κ2) is 4.83. The van der Waals surface area contributed by atoms with Crippen LogP contribution in [0.3, 0.4) is 0 Å². The van der Waals surface area contributed by atoms with Gasteiger partial charge in [-0.3, -0.25) is 9.97 Å². The van der Waals surface area contributed by atoms with Crippen LogP contribution in [0.4, 0.5) is 0 Å². The predicted molar refractivity (Wildman–Crippen MR) is 65.7 cm³/mol. The number of pyridine rings is 2. The van der Waals surface area contributed by atoms with E-state index in [0.717, 1.165) is 5.69 Å². The Hall–Kier alpha value is -2.43. The smallest absolute Gasteiger partial charge is 0.337 e. The summed E-state index contributed by atoms with van der Waals surface area (Å²) in [5.74, 6) is -0.484. The topological polar surface area (TPSA) is 72.3 Å². The minimum Gasteiger partial charge on any atom is -0.494 e. The number of aromatic nitrogens is 2. The first-order chi connectivity index (χ1) is 8.63. The minimum atomic E-state index is -1.02. The van der Waals surface area contributed by atoms with Crippen molar-refractivity contribution in [3.63, 3.8) is 0 Å². The van der Waals surface area contributed by atoms with Crippen molar-refractivity contribution in [2.45, 2.75) is 6.92 Å². The van der Waals surface area contributed by atoms with Gasteiger partial charge in [-0.25, -0.2) is 4.79 Å². The highest BCUT2D eigenvalue weighted by molar-refractivity contribution is 5.96. The number of hydrogen-bond donors (Lipinski definition) is 1. The maximum atomic E-state index is 11.2. The van der Waals surface area contributed by atoms with Crippen molar-refractivity contribution in [2.75, 3.05) is 7.11 Å². The van der Waals surface area contributed by atoms with E-state index in [4.69, 9.17) is 4.74 Å². The van der Waals surface area contributed by atoms with E-state index in [1.807, 2.05) is 6.92 Å². The standard InChI is InChI=1S/C13H12N2O3/c1-8-5-10(11(6-15-8)13(16)17)9-3-4-14-7-12(9)18-2/h3-7H,1-2H3,(H,16,17).